The van der Waals surface area contributed by atoms with E-state index >= 15 is 0 Å². The van der Waals surface area contributed by atoms with E-state index in [1.165, 1.54) is 0 Å². The fourth-order valence-corrected chi connectivity index (χ4v) is 1.37. The second-order valence-corrected chi connectivity index (χ2v) is 3.75. The number of nitrogens with zero attached hydrogens (tertiary/aromatic N) is 4. The number of aryl methyl sites for hydroxylation is 1. The summed E-state index contributed by atoms with van der Waals surface area (Å²) in [7, 11) is 3.27. The summed E-state index contributed by atoms with van der Waals surface area (Å²) in [4.78, 5) is 12.9. The summed E-state index contributed by atoms with van der Waals surface area (Å²) in [6.07, 6.45) is 0. The van der Waals surface area contributed by atoms with Crippen LogP contribution in [0.5, 0.6) is 0 Å². The molecule has 0 atom stereocenters. The molecule has 1 heterocycles. The number of aromatic nitrogens is 2. The van der Waals surface area contributed by atoms with Gasteiger partial charge in [0.05, 0.1) is 12.2 Å². The highest BCUT2D eigenvalue weighted by Crippen LogP contribution is 2.19. The molecule has 0 saturated carbocycles. The molecule has 6 heteroatoms. The van der Waals surface area contributed by atoms with E-state index in [4.69, 9.17) is 5.26 Å². The third-order valence-corrected chi connectivity index (χ3v) is 2.57. The van der Waals surface area contributed by atoms with Gasteiger partial charge in [0.15, 0.2) is 5.82 Å². The number of rotatable bonds is 3. The van der Waals surface area contributed by atoms with Crippen molar-refractivity contribution in [2.75, 3.05) is 25.5 Å². The quantitative estimate of drug-likeness (QED) is 0.803. The Morgan fingerprint density at radius 1 is 1.47 bits per heavy atom. The predicted molar refractivity (Wildman–Crippen MR) is 63.6 cm³/mol. The highest BCUT2D eigenvalue weighted by Gasteiger charge is 2.16. The van der Waals surface area contributed by atoms with Crippen molar-refractivity contribution >= 4 is 11.7 Å². The lowest BCUT2D eigenvalue weighted by atomic mass is 10.1. The molecule has 0 unspecified atom stereocenters. The molecule has 90 valence electrons. The van der Waals surface area contributed by atoms with E-state index < -0.39 is 0 Å². The van der Waals surface area contributed by atoms with Crippen LogP contribution >= 0.6 is 0 Å². The van der Waals surface area contributed by atoms with Crippen molar-refractivity contribution in [1.29, 1.82) is 5.26 Å². The Morgan fingerprint density at radius 3 is 2.65 bits per heavy atom. The van der Waals surface area contributed by atoms with Crippen LogP contribution in [0.4, 0.5) is 5.82 Å². The fourth-order valence-electron chi connectivity index (χ4n) is 1.37. The van der Waals surface area contributed by atoms with Gasteiger partial charge in [-0.1, -0.05) is 0 Å². The third kappa shape index (κ3) is 2.69. The van der Waals surface area contributed by atoms with E-state index in [1.54, 1.807) is 25.9 Å². The first-order valence-electron chi connectivity index (χ1n) is 5.17. The summed E-state index contributed by atoms with van der Waals surface area (Å²) < 4.78 is 0. The highest BCUT2D eigenvalue weighted by atomic mass is 16.1. The minimum Gasteiger partial charge on any atom is -0.358 e. The van der Waals surface area contributed by atoms with Crippen LogP contribution in [0.15, 0.2) is 0 Å². The van der Waals surface area contributed by atoms with Crippen LogP contribution in [0.1, 0.15) is 16.8 Å². The van der Waals surface area contributed by atoms with Gasteiger partial charge in [-0.3, -0.25) is 4.79 Å². The molecule has 1 amide bonds. The van der Waals surface area contributed by atoms with Crippen molar-refractivity contribution < 1.29 is 4.79 Å². The molecule has 0 bridgehead atoms. The van der Waals surface area contributed by atoms with Crippen LogP contribution in [0.25, 0.3) is 0 Å². The van der Waals surface area contributed by atoms with Crippen molar-refractivity contribution in [2.45, 2.75) is 13.8 Å². The molecule has 0 aliphatic heterocycles. The molecule has 1 rings (SSSR count). The molecule has 0 aliphatic carbocycles. The zero-order valence-electron chi connectivity index (χ0n) is 10.4. The van der Waals surface area contributed by atoms with E-state index in [1.807, 2.05) is 6.92 Å². The van der Waals surface area contributed by atoms with Crippen LogP contribution in [-0.2, 0) is 4.79 Å². The van der Waals surface area contributed by atoms with Gasteiger partial charge in [0.25, 0.3) is 0 Å². The predicted octanol–water partition coefficient (Wildman–Crippen LogP) is 0.147. The molecule has 0 aliphatic rings. The Kier molecular flexibility index (Phi) is 3.99. The van der Waals surface area contributed by atoms with Gasteiger partial charge in [-0.15, -0.1) is 5.10 Å². The van der Waals surface area contributed by atoms with Crippen molar-refractivity contribution in [3.63, 3.8) is 0 Å². The Balaban J connectivity index is 3.11. The monoisotopic (exact) mass is 233 g/mol. The molecular weight excluding hydrogens is 218 g/mol. The molecule has 1 aromatic heterocycles. The molecule has 6 nitrogen and oxygen atoms in total. The highest BCUT2D eigenvalue weighted by molar-refractivity contribution is 5.81. The average molecular weight is 233 g/mol. The lowest BCUT2D eigenvalue weighted by Crippen LogP contribution is -2.34. The lowest BCUT2D eigenvalue weighted by molar-refractivity contribution is -0.119. The van der Waals surface area contributed by atoms with Crippen LogP contribution in [0, 0.1) is 25.2 Å². The van der Waals surface area contributed by atoms with Gasteiger partial charge >= 0.3 is 0 Å². The van der Waals surface area contributed by atoms with Gasteiger partial charge in [0.1, 0.15) is 11.6 Å². The standard InChI is InChI=1S/C11H15N5O/c1-7-8(2)14-15-11(9(7)5-12)16(4)6-10(17)13-3/h6H2,1-4H3,(H,13,17). The van der Waals surface area contributed by atoms with E-state index in [0.717, 1.165) is 11.3 Å². The van der Waals surface area contributed by atoms with Crippen molar-refractivity contribution in [3.8, 4) is 6.07 Å². The van der Waals surface area contributed by atoms with Gasteiger partial charge in [0.2, 0.25) is 5.91 Å². The first-order valence-corrected chi connectivity index (χ1v) is 5.17. The van der Waals surface area contributed by atoms with Gasteiger partial charge in [-0.2, -0.15) is 10.4 Å². The number of hydrogen-bond acceptors (Lipinski definition) is 5. The van der Waals surface area contributed by atoms with E-state index in [0.29, 0.717) is 11.4 Å². The largest absolute Gasteiger partial charge is 0.358 e. The summed E-state index contributed by atoms with van der Waals surface area (Å²) in [6.45, 7) is 3.76. The summed E-state index contributed by atoms with van der Waals surface area (Å²) in [5.74, 6) is 0.288. The smallest absolute Gasteiger partial charge is 0.239 e. The Hall–Kier alpha value is -2.16. The maximum atomic E-state index is 11.3. The molecule has 1 aromatic rings. The summed E-state index contributed by atoms with van der Waals surface area (Å²) in [6, 6.07) is 2.10. The second-order valence-electron chi connectivity index (χ2n) is 3.75. The van der Waals surface area contributed by atoms with Gasteiger partial charge < -0.3 is 10.2 Å². The number of nitriles is 1. The molecule has 0 radical (unpaired) electrons. The molecule has 0 spiro atoms. The van der Waals surface area contributed by atoms with Crippen molar-refractivity contribution in [2.24, 2.45) is 0 Å². The van der Waals surface area contributed by atoms with Gasteiger partial charge in [-0.25, -0.2) is 0 Å². The van der Waals surface area contributed by atoms with Crippen LogP contribution < -0.4 is 10.2 Å². The first kappa shape index (κ1) is 12.9. The van der Waals surface area contributed by atoms with Crippen LogP contribution in [0.3, 0.4) is 0 Å². The maximum Gasteiger partial charge on any atom is 0.239 e. The van der Waals surface area contributed by atoms with Crippen LogP contribution in [0.2, 0.25) is 0 Å². The molecule has 0 saturated heterocycles. The Morgan fingerprint density at radius 2 is 2.12 bits per heavy atom. The first-order chi connectivity index (χ1) is 8.01. The van der Waals surface area contributed by atoms with Crippen LogP contribution in [-0.4, -0.2) is 36.7 Å². The SMILES string of the molecule is CNC(=O)CN(C)c1nnc(C)c(C)c1C#N. The van der Waals surface area contributed by atoms with E-state index in [9.17, 15) is 4.79 Å². The molecule has 1 N–H and O–H groups in total. The van der Waals surface area contributed by atoms with E-state index in [-0.39, 0.29) is 12.5 Å². The zero-order chi connectivity index (χ0) is 13.0. The minimum absolute atomic E-state index is 0.141. The number of nitrogens with one attached hydrogen (secondary N) is 1. The normalized spacial score (nSPS) is 9.59. The molecular formula is C11H15N5O. The average Bonchev–Trinajstić information content (AvgIpc) is 2.31. The summed E-state index contributed by atoms with van der Waals surface area (Å²) in [5, 5.41) is 19.6. The Labute approximate surface area is 100 Å². The number of anilines is 1. The molecule has 17 heavy (non-hydrogen) atoms. The van der Waals surface area contributed by atoms with Gasteiger partial charge in [0, 0.05) is 14.1 Å². The Bertz CT molecular complexity index is 477. The topological polar surface area (TPSA) is 81.9 Å². The maximum absolute atomic E-state index is 11.3. The van der Waals surface area contributed by atoms with Crippen molar-refractivity contribution in [3.05, 3.63) is 16.8 Å². The zero-order valence-corrected chi connectivity index (χ0v) is 10.4. The second kappa shape index (κ2) is 5.25. The third-order valence-electron chi connectivity index (χ3n) is 2.57. The van der Waals surface area contributed by atoms with Crippen molar-refractivity contribution in [1.82, 2.24) is 15.5 Å². The lowest BCUT2D eigenvalue weighted by Gasteiger charge is -2.18. The molecule has 0 fully saturated rings. The summed E-state index contributed by atoms with van der Waals surface area (Å²) in [5.41, 5.74) is 1.98. The number of hydrogen-bond donors (Lipinski definition) is 1. The number of amides is 1. The van der Waals surface area contributed by atoms with Gasteiger partial charge in [-0.05, 0) is 19.4 Å². The number of carbonyl (C=O) groups is 1. The summed E-state index contributed by atoms with van der Waals surface area (Å²) >= 11 is 0. The number of carbonyl (C=O) groups excluding carboxylic acids is 1. The van der Waals surface area contributed by atoms with E-state index in [2.05, 4.69) is 21.6 Å². The minimum atomic E-state index is -0.142. The molecule has 0 aromatic carbocycles. The fraction of sp³-hybridized carbons (Fsp3) is 0.455. The number of likely N-dealkylation sites (N-methyl/N-ethyl adjacent to an activating group) is 2.